The number of carbonyl (C=O) groups excluding carboxylic acids is 1. The zero-order valence-electron chi connectivity index (χ0n) is 20.7. The summed E-state index contributed by atoms with van der Waals surface area (Å²) in [7, 11) is 1.69. The molecule has 2 aromatic rings. The zero-order valence-corrected chi connectivity index (χ0v) is 21.5. The van der Waals surface area contributed by atoms with E-state index in [1.165, 1.54) is 0 Å². The van der Waals surface area contributed by atoms with E-state index in [1.54, 1.807) is 13.2 Å². The molecule has 0 aromatic heterocycles. The van der Waals surface area contributed by atoms with E-state index in [9.17, 15) is 4.79 Å². The second kappa shape index (κ2) is 11.6. The van der Waals surface area contributed by atoms with Gasteiger partial charge in [-0.25, -0.2) is 0 Å². The molecule has 2 aliphatic heterocycles. The zero-order chi connectivity index (χ0) is 24.7. The van der Waals surface area contributed by atoms with E-state index >= 15 is 0 Å². The van der Waals surface area contributed by atoms with Gasteiger partial charge in [-0.1, -0.05) is 36.4 Å². The number of methoxy groups -OCH3 is 1. The second-order valence-corrected chi connectivity index (χ2v) is 9.66. The van der Waals surface area contributed by atoms with Crippen LogP contribution in [0, 0.1) is 5.41 Å². The van der Waals surface area contributed by atoms with Gasteiger partial charge in [-0.05, 0) is 62.0 Å². The summed E-state index contributed by atoms with van der Waals surface area (Å²) >= 11 is 5.71. The topological polar surface area (TPSA) is 54.0 Å². The Morgan fingerprint density at radius 3 is 2.40 bits per heavy atom. The Bertz CT molecular complexity index is 1060. The summed E-state index contributed by atoms with van der Waals surface area (Å²) in [6.07, 6.45) is 6.67. The average Bonchev–Trinajstić information content (AvgIpc) is 3.30. The number of hydrogen-bond donors (Lipinski definition) is 1. The molecule has 4 rings (SSSR count). The molecule has 0 atom stereocenters. The number of ether oxygens (including phenoxy) is 2. The molecule has 2 aromatic carbocycles. The molecule has 0 saturated carbocycles. The van der Waals surface area contributed by atoms with Gasteiger partial charge in [0.2, 0.25) is 5.91 Å². The molecule has 1 spiro atoms. The lowest BCUT2D eigenvalue weighted by Gasteiger charge is -2.39. The van der Waals surface area contributed by atoms with Gasteiger partial charge in [0, 0.05) is 49.9 Å². The molecule has 2 aliphatic rings. The highest BCUT2D eigenvalue weighted by molar-refractivity contribution is 7.80. The molecule has 2 heterocycles. The molecule has 6 nitrogen and oxygen atoms in total. The molecule has 1 amide bonds. The summed E-state index contributed by atoms with van der Waals surface area (Å²) in [5.41, 5.74) is 2.25. The van der Waals surface area contributed by atoms with Gasteiger partial charge >= 0.3 is 0 Å². The normalized spacial score (nSPS) is 17.1. The highest BCUT2D eigenvalue weighted by atomic mass is 32.1. The Balaban J connectivity index is 1.27. The van der Waals surface area contributed by atoms with Crippen molar-refractivity contribution in [2.75, 3.05) is 39.9 Å². The minimum atomic E-state index is 0.0648. The molecule has 186 valence electrons. The van der Waals surface area contributed by atoms with E-state index in [2.05, 4.69) is 16.3 Å². The third kappa shape index (κ3) is 6.14. The maximum absolute atomic E-state index is 12.8. The van der Waals surface area contributed by atoms with E-state index < -0.39 is 0 Å². The third-order valence-electron chi connectivity index (χ3n) is 7.11. The largest absolute Gasteiger partial charge is 0.496 e. The van der Waals surface area contributed by atoms with Gasteiger partial charge in [-0.3, -0.25) is 4.79 Å². The molecular formula is C28H35N3O3S. The van der Waals surface area contributed by atoms with Gasteiger partial charge in [0.1, 0.15) is 11.5 Å². The Hall–Kier alpha value is -3.06. The van der Waals surface area contributed by atoms with Crippen LogP contribution in [0.4, 0.5) is 0 Å². The van der Waals surface area contributed by atoms with Gasteiger partial charge in [-0.2, -0.15) is 0 Å². The first kappa shape index (κ1) is 25.0. The summed E-state index contributed by atoms with van der Waals surface area (Å²) in [6, 6.07) is 15.8. The van der Waals surface area contributed by atoms with Crippen LogP contribution in [0.3, 0.4) is 0 Å². The molecule has 0 bridgehead atoms. The molecular weight excluding hydrogens is 458 g/mol. The standard InChI is InChI=1S/C28H35N3O3S/c1-3-34-25-11-7-4-8-22(25)12-13-26(32)30-17-14-28(15-18-30)16-19-31(21-28)27(35)29-20-23-9-5-6-10-24(23)33-2/h4-13H,3,14-21H2,1-2H3,(H,29,35). The Morgan fingerprint density at radius 2 is 1.69 bits per heavy atom. The summed E-state index contributed by atoms with van der Waals surface area (Å²) in [5, 5.41) is 4.20. The molecule has 2 saturated heterocycles. The number of rotatable bonds is 7. The van der Waals surface area contributed by atoms with Crippen LogP contribution in [-0.4, -0.2) is 60.7 Å². The first-order valence-corrected chi connectivity index (χ1v) is 12.8. The number of benzene rings is 2. The van der Waals surface area contributed by atoms with Gasteiger partial charge in [0.05, 0.1) is 13.7 Å². The molecule has 0 unspecified atom stereocenters. The van der Waals surface area contributed by atoms with E-state index in [0.29, 0.717) is 13.2 Å². The molecule has 35 heavy (non-hydrogen) atoms. The van der Waals surface area contributed by atoms with Crippen LogP contribution in [0.25, 0.3) is 6.08 Å². The maximum atomic E-state index is 12.8. The number of nitrogens with zero attached hydrogens (tertiary/aromatic N) is 2. The van der Waals surface area contributed by atoms with Crippen molar-refractivity contribution in [2.45, 2.75) is 32.7 Å². The maximum Gasteiger partial charge on any atom is 0.246 e. The summed E-state index contributed by atoms with van der Waals surface area (Å²) in [5.74, 6) is 1.74. The van der Waals surface area contributed by atoms with Crippen molar-refractivity contribution in [3.8, 4) is 11.5 Å². The van der Waals surface area contributed by atoms with Crippen molar-refractivity contribution in [1.82, 2.24) is 15.1 Å². The van der Waals surface area contributed by atoms with Crippen LogP contribution < -0.4 is 14.8 Å². The SMILES string of the molecule is CCOc1ccccc1C=CC(=O)N1CCC2(CC1)CCN(C(=S)NCc1ccccc1OC)C2. The predicted molar refractivity (Wildman–Crippen MR) is 144 cm³/mol. The number of para-hydroxylation sites is 2. The minimum absolute atomic E-state index is 0.0648. The number of hydrogen-bond acceptors (Lipinski definition) is 4. The fourth-order valence-electron chi connectivity index (χ4n) is 5.02. The van der Waals surface area contributed by atoms with Crippen molar-refractivity contribution >= 4 is 29.3 Å². The minimum Gasteiger partial charge on any atom is -0.496 e. The fraction of sp³-hybridized carbons (Fsp3) is 0.429. The monoisotopic (exact) mass is 493 g/mol. The number of likely N-dealkylation sites (tertiary alicyclic amines) is 2. The number of amides is 1. The highest BCUT2D eigenvalue weighted by Crippen LogP contribution is 2.40. The van der Waals surface area contributed by atoms with Gasteiger partial charge < -0.3 is 24.6 Å². The highest BCUT2D eigenvalue weighted by Gasteiger charge is 2.41. The summed E-state index contributed by atoms with van der Waals surface area (Å²) in [4.78, 5) is 17.1. The van der Waals surface area contributed by atoms with Crippen LogP contribution in [0.1, 0.15) is 37.3 Å². The lowest BCUT2D eigenvalue weighted by Crippen LogP contribution is -2.45. The van der Waals surface area contributed by atoms with Crippen molar-refractivity contribution in [2.24, 2.45) is 5.41 Å². The van der Waals surface area contributed by atoms with Crippen LogP contribution in [0.5, 0.6) is 11.5 Å². The number of piperidine rings is 1. The smallest absolute Gasteiger partial charge is 0.246 e. The van der Waals surface area contributed by atoms with Gasteiger partial charge in [-0.15, -0.1) is 0 Å². The number of thiocarbonyl (C=S) groups is 1. The van der Waals surface area contributed by atoms with E-state index in [1.807, 2.05) is 60.4 Å². The molecule has 2 fully saturated rings. The Morgan fingerprint density at radius 1 is 1.03 bits per heavy atom. The van der Waals surface area contributed by atoms with Crippen LogP contribution >= 0.6 is 12.2 Å². The summed E-state index contributed by atoms with van der Waals surface area (Å²) in [6.45, 7) is 6.68. The van der Waals surface area contributed by atoms with Crippen LogP contribution in [0.15, 0.2) is 54.6 Å². The van der Waals surface area contributed by atoms with Crippen molar-refractivity contribution in [3.05, 3.63) is 65.7 Å². The van der Waals surface area contributed by atoms with Crippen LogP contribution in [-0.2, 0) is 11.3 Å². The Kier molecular flexibility index (Phi) is 8.29. The quantitative estimate of drug-likeness (QED) is 0.453. The third-order valence-corrected chi connectivity index (χ3v) is 7.51. The van der Waals surface area contributed by atoms with E-state index in [4.69, 9.17) is 21.7 Å². The van der Waals surface area contributed by atoms with E-state index in [0.717, 1.165) is 73.2 Å². The molecule has 1 N–H and O–H groups in total. The second-order valence-electron chi connectivity index (χ2n) is 9.27. The molecule has 0 radical (unpaired) electrons. The average molecular weight is 494 g/mol. The molecule has 7 heteroatoms. The Labute approximate surface area is 213 Å². The fourth-order valence-corrected chi connectivity index (χ4v) is 5.25. The van der Waals surface area contributed by atoms with Gasteiger partial charge in [0.25, 0.3) is 0 Å². The van der Waals surface area contributed by atoms with Crippen molar-refractivity contribution in [1.29, 1.82) is 0 Å². The lowest BCUT2D eigenvalue weighted by atomic mass is 9.78. The first-order chi connectivity index (χ1) is 17.0. The lowest BCUT2D eigenvalue weighted by molar-refractivity contribution is -0.128. The first-order valence-electron chi connectivity index (χ1n) is 12.4. The predicted octanol–water partition coefficient (Wildman–Crippen LogP) is 4.50. The number of carbonyl (C=O) groups is 1. The van der Waals surface area contributed by atoms with Crippen molar-refractivity contribution < 1.29 is 14.3 Å². The van der Waals surface area contributed by atoms with Gasteiger partial charge in [0.15, 0.2) is 5.11 Å². The number of nitrogens with one attached hydrogen (secondary N) is 1. The van der Waals surface area contributed by atoms with Crippen molar-refractivity contribution in [3.63, 3.8) is 0 Å². The van der Waals surface area contributed by atoms with E-state index in [-0.39, 0.29) is 11.3 Å². The van der Waals surface area contributed by atoms with Crippen LogP contribution in [0.2, 0.25) is 0 Å². The molecule has 0 aliphatic carbocycles. The summed E-state index contributed by atoms with van der Waals surface area (Å²) < 4.78 is 11.1.